The Balaban J connectivity index is 2.63. The van der Waals surface area contributed by atoms with Crippen molar-refractivity contribution < 1.29 is 0 Å². The second kappa shape index (κ2) is 4.31. The maximum atomic E-state index is 6.07. The van der Waals surface area contributed by atoms with Crippen LogP contribution in [-0.2, 0) is 0 Å². The molecule has 0 heterocycles. The van der Waals surface area contributed by atoms with Gasteiger partial charge >= 0.3 is 0 Å². The molecule has 0 bridgehead atoms. The average molecular weight is 230 g/mol. The predicted octanol–water partition coefficient (Wildman–Crippen LogP) is 4.73. The van der Waals surface area contributed by atoms with Crippen molar-refractivity contribution in [2.24, 2.45) is 0 Å². The highest BCUT2D eigenvalue weighted by atomic mass is 35.5. The van der Waals surface area contributed by atoms with Crippen molar-refractivity contribution in [3.63, 3.8) is 0 Å². The zero-order valence-electron chi connectivity index (χ0n) is 9.76. The van der Waals surface area contributed by atoms with Crippen molar-refractivity contribution in [3.05, 3.63) is 58.1 Å². The number of rotatable bonds is 1. The van der Waals surface area contributed by atoms with Crippen LogP contribution < -0.4 is 0 Å². The number of benzene rings is 2. The van der Waals surface area contributed by atoms with E-state index in [-0.39, 0.29) is 0 Å². The summed E-state index contributed by atoms with van der Waals surface area (Å²) < 4.78 is 0. The van der Waals surface area contributed by atoms with Crippen molar-refractivity contribution in [3.8, 4) is 11.1 Å². The number of hydrogen-bond acceptors (Lipinski definition) is 0. The van der Waals surface area contributed by atoms with E-state index >= 15 is 0 Å². The first-order valence-corrected chi connectivity index (χ1v) is 5.72. The Hall–Kier alpha value is -1.27. The molecule has 0 amide bonds. The lowest BCUT2D eigenvalue weighted by atomic mass is 9.96. The van der Waals surface area contributed by atoms with Gasteiger partial charge in [0, 0.05) is 5.02 Å². The second-order valence-electron chi connectivity index (χ2n) is 4.14. The Labute approximate surface area is 102 Å². The van der Waals surface area contributed by atoms with Crippen LogP contribution in [0.5, 0.6) is 0 Å². The fourth-order valence-electron chi connectivity index (χ4n) is 1.86. The summed E-state index contributed by atoms with van der Waals surface area (Å²) >= 11 is 6.07. The van der Waals surface area contributed by atoms with Crippen molar-refractivity contribution in [2.45, 2.75) is 20.8 Å². The molecule has 0 aliphatic heterocycles. The molecule has 1 heteroatoms. The van der Waals surface area contributed by atoms with E-state index < -0.39 is 0 Å². The molecule has 0 aromatic heterocycles. The Morgan fingerprint density at radius 3 is 2.50 bits per heavy atom. The summed E-state index contributed by atoms with van der Waals surface area (Å²) in [4.78, 5) is 0. The van der Waals surface area contributed by atoms with Crippen molar-refractivity contribution in [2.75, 3.05) is 0 Å². The summed E-state index contributed by atoms with van der Waals surface area (Å²) in [7, 11) is 0. The lowest BCUT2D eigenvalue weighted by Gasteiger charge is -2.09. The van der Waals surface area contributed by atoms with Crippen LogP contribution in [0.2, 0.25) is 5.02 Å². The molecular formula is C15H14Cl. The molecule has 0 spiro atoms. The number of hydrogen-bond donors (Lipinski definition) is 0. The van der Waals surface area contributed by atoms with Crippen LogP contribution in [0.25, 0.3) is 11.1 Å². The van der Waals surface area contributed by atoms with Gasteiger partial charge in [-0.25, -0.2) is 0 Å². The zero-order valence-corrected chi connectivity index (χ0v) is 10.5. The van der Waals surface area contributed by atoms with Crippen molar-refractivity contribution in [1.29, 1.82) is 0 Å². The molecule has 2 aromatic rings. The SMILES string of the molecule is Cc1[c]c(-c2cccc(C)c2C)cc(Cl)c1. The standard InChI is InChI=1S/C15H14Cl/c1-10-7-13(9-14(16)8-10)15-6-4-5-11(2)12(15)3/h4-6,8-9H,1-3H3. The molecule has 2 aromatic carbocycles. The van der Waals surface area contributed by atoms with Crippen LogP contribution in [-0.4, -0.2) is 0 Å². The van der Waals surface area contributed by atoms with Gasteiger partial charge in [-0.3, -0.25) is 0 Å². The molecule has 0 unspecified atom stereocenters. The van der Waals surface area contributed by atoms with Gasteiger partial charge < -0.3 is 0 Å². The highest BCUT2D eigenvalue weighted by molar-refractivity contribution is 6.30. The molecule has 1 radical (unpaired) electrons. The first-order chi connectivity index (χ1) is 7.58. The Morgan fingerprint density at radius 1 is 1.06 bits per heavy atom. The maximum Gasteiger partial charge on any atom is 0.0415 e. The molecule has 0 aliphatic rings. The van der Waals surface area contributed by atoms with E-state index in [1.54, 1.807) is 0 Å². The third kappa shape index (κ3) is 2.12. The van der Waals surface area contributed by atoms with Gasteiger partial charge in [-0.15, -0.1) is 0 Å². The lowest BCUT2D eigenvalue weighted by Crippen LogP contribution is -1.88. The van der Waals surface area contributed by atoms with Gasteiger partial charge in [0.25, 0.3) is 0 Å². The highest BCUT2D eigenvalue weighted by Crippen LogP contribution is 2.28. The fourth-order valence-corrected chi connectivity index (χ4v) is 2.13. The Kier molecular flexibility index (Phi) is 3.02. The van der Waals surface area contributed by atoms with Gasteiger partial charge in [-0.1, -0.05) is 29.8 Å². The third-order valence-electron chi connectivity index (χ3n) is 2.86. The molecule has 81 valence electrons. The van der Waals surface area contributed by atoms with E-state index in [0.717, 1.165) is 16.1 Å². The van der Waals surface area contributed by atoms with E-state index in [0.29, 0.717) is 0 Å². The molecule has 0 atom stereocenters. The largest absolute Gasteiger partial charge is 0.0843 e. The molecule has 0 saturated heterocycles. The number of aryl methyl sites for hydroxylation is 2. The average Bonchev–Trinajstić information content (AvgIpc) is 2.20. The first kappa shape index (κ1) is 11.2. The van der Waals surface area contributed by atoms with Crippen LogP contribution in [0.3, 0.4) is 0 Å². The normalized spacial score (nSPS) is 10.5. The van der Waals surface area contributed by atoms with Gasteiger partial charge in [-0.05, 0) is 66.8 Å². The quantitative estimate of drug-likeness (QED) is 0.663. The lowest BCUT2D eigenvalue weighted by molar-refractivity contribution is 1.33. The van der Waals surface area contributed by atoms with E-state index in [9.17, 15) is 0 Å². The van der Waals surface area contributed by atoms with E-state index in [1.165, 1.54) is 16.7 Å². The van der Waals surface area contributed by atoms with Crippen LogP contribution in [0.1, 0.15) is 16.7 Å². The van der Waals surface area contributed by atoms with Gasteiger partial charge in [0.05, 0.1) is 0 Å². The maximum absolute atomic E-state index is 6.07. The molecule has 0 nitrogen and oxygen atoms in total. The van der Waals surface area contributed by atoms with Gasteiger partial charge in [-0.2, -0.15) is 0 Å². The minimum atomic E-state index is 0.771. The molecule has 0 fully saturated rings. The number of halogens is 1. The summed E-state index contributed by atoms with van der Waals surface area (Å²) in [5.74, 6) is 0. The summed E-state index contributed by atoms with van der Waals surface area (Å²) in [6.07, 6.45) is 0. The molecule has 2 rings (SSSR count). The summed E-state index contributed by atoms with van der Waals surface area (Å²) in [5, 5.41) is 0.771. The monoisotopic (exact) mass is 229 g/mol. The summed E-state index contributed by atoms with van der Waals surface area (Å²) in [6.45, 7) is 6.27. The van der Waals surface area contributed by atoms with Crippen LogP contribution >= 0.6 is 11.6 Å². The Bertz CT molecular complexity index is 507. The smallest absolute Gasteiger partial charge is 0.0415 e. The topological polar surface area (TPSA) is 0 Å². The summed E-state index contributed by atoms with van der Waals surface area (Å²) in [5.41, 5.74) is 5.95. The van der Waals surface area contributed by atoms with Crippen LogP contribution in [0.15, 0.2) is 30.3 Å². The zero-order chi connectivity index (χ0) is 11.7. The highest BCUT2D eigenvalue weighted by Gasteiger charge is 2.05. The molecular weight excluding hydrogens is 216 g/mol. The van der Waals surface area contributed by atoms with Crippen molar-refractivity contribution >= 4 is 11.6 Å². The third-order valence-corrected chi connectivity index (χ3v) is 3.08. The first-order valence-electron chi connectivity index (χ1n) is 5.34. The second-order valence-corrected chi connectivity index (χ2v) is 4.58. The van der Waals surface area contributed by atoms with Gasteiger partial charge in [0.2, 0.25) is 0 Å². The minimum absolute atomic E-state index is 0.771. The van der Waals surface area contributed by atoms with Crippen molar-refractivity contribution in [1.82, 2.24) is 0 Å². The van der Waals surface area contributed by atoms with Gasteiger partial charge in [0.1, 0.15) is 0 Å². The van der Waals surface area contributed by atoms with E-state index in [4.69, 9.17) is 11.6 Å². The molecule has 0 saturated carbocycles. The van der Waals surface area contributed by atoms with E-state index in [1.807, 2.05) is 19.1 Å². The Morgan fingerprint density at radius 2 is 1.81 bits per heavy atom. The fraction of sp³-hybridized carbons (Fsp3) is 0.200. The predicted molar refractivity (Wildman–Crippen MR) is 69.9 cm³/mol. The molecule has 16 heavy (non-hydrogen) atoms. The van der Waals surface area contributed by atoms with Crippen LogP contribution in [0, 0.1) is 26.8 Å². The molecule has 0 N–H and O–H groups in total. The minimum Gasteiger partial charge on any atom is -0.0843 e. The molecule has 0 aliphatic carbocycles. The van der Waals surface area contributed by atoms with E-state index in [2.05, 4.69) is 38.1 Å². The van der Waals surface area contributed by atoms with Gasteiger partial charge in [0.15, 0.2) is 0 Å². The van der Waals surface area contributed by atoms with Crippen LogP contribution in [0.4, 0.5) is 0 Å². The summed E-state index contributed by atoms with van der Waals surface area (Å²) in [6, 6.07) is 13.6.